The number of carboxylic acids is 2. The first-order chi connectivity index (χ1) is 9.59. The maximum Gasteiger partial charge on any atom is 2.00 e. The topological polar surface area (TPSA) is 74.6 Å². The molecule has 0 unspecified atom stereocenters. The van der Waals surface area contributed by atoms with Crippen molar-refractivity contribution in [3.05, 3.63) is 59.7 Å². The van der Waals surface area contributed by atoms with Crippen molar-refractivity contribution in [1.29, 1.82) is 0 Å². The molecule has 0 heterocycles. The van der Waals surface area contributed by atoms with E-state index < -0.39 is 11.9 Å². The van der Waals surface area contributed by atoms with Crippen LogP contribution in [0.25, 0.3) is 0 Å². The Bertz CT molecular complexity index is 603. The SMILES string of the molecule is O=C(O)c1ccccc1SSc1ccccc1C(=O)O.[Cu+2]. The third-order valence-electron chi connectivity index (χ3n) is 2.46. The van der Waals surface area contributed by atoms with Gasteiger partial charge in [0.2, 0.25) is 0 Å². The monoisotopic (exact) mass is 369 g/mol. The van der Waals surface area contributed by atoms with Crippen molar-refractivity contribution >= 4 is 33.5 Å². The number of aromatic carboxylic acids is 2. The molecule has 0 bridgehead atoms. The zero-order chi connectivity index (χ0) is 14.5. The molecule has 2 aromatic carbocycles. The molecule has 0 aliphatic heterocycles. The van der Waals surface area contributed by atoms with Crippen molar-refractivity contribution in [3.8, 4) is 0 Å². The van der Waals surface area contributed by atoms with Crippen LogP contribution in [-0.4, -0.2) is 22.2 Å². The molecule has 0 aromatic heterocycles. The number of hydrogen-bond acceptors (Lipinski definition) is 4. The van der Waals surface area contributed by atoms with E-state index in [0.717, 1.165) is 0 Å². The summed E-state index contributed by atoms with van der Waals surface area (Å²) in [5.74, 6) is -2.00. The van der Waals surface area contributed by atoms with Gasteiger partial charge in [-0.3, -0.25) is 0 Å². The van der Waals surface area contributed by atoms with Crippen molar-refractivity contribution in [2.24, 2.45) is 0 Å². The Balaban J connectivity index is 0.00000220. The summed E-state index contributed by atoms with van der Waals surface area (Å²) < 4.78 is 0. The molecule has 4 nitrogen and oxygen atoms in total. The minimum absolute atomic E-state index is 0. The predicted molar refractivity (Wildman–Crippen MR) is 78.5 cm³/mol. The number of carboxylic acid groups (broad SMARTS) is 2. The Morgan fingerprint density at radius 1 is 0.714 bits per heavy atom. The van der Waals surface area contributed by atoms with E-state index in [4.69, 9.17) is 10.2 Å². The van der Waals surface area contributed by atoms with E-state index in [0.29, 0.717) is 9.79 Å². The van der Waals surface area contributed by atoms with Crippen molar-refractivity contribution in [1.82, 2.24) is 0 Å². The first kappa shape index (κ1) is 17.7. The molecule has 0 fully saturated rings. The molecule has 2 rings (SSSR count). The summed E-state index contributed by atoms with van der Waals surface area (Å²) in [5.41, 5.74) is 0.413. The number of rotatable bonds is 5. The molecule has 0 atom stereocenters. The fourth-order valence-electron chi connectivity index (χ4n) is 1.52. The first-order valence-electron chi connectivity index (χ1n) is 5.59. The third-order valence-corrected chi connectivity index (χ3v) is 4.94. The van der Waals surface area contributed by atoms with Gasteiger partial charge >= 0.3 is 29.0 Å². The van der Waals surface area contributed by atoms with Gasteiger partial charge in [0.05, 0.1) is 11.1 Å². The van der Waals surface area contributed by atoms with E-state index in [-0.39, 0.29) is 28.2 Å². The molecule has 111 valence electrons. The summed E-state index contributed by atoms with van der Waals surface area (Å²) in [6, 6.07) is 13.3. The molecule has 2 N–H and O–H groups in total. The molecule has 1 radical (unpaired) electrons. The quantitative estimate of drug-likeness (QED) is 0.615. The Labute approximate surface area is 139 Å². The van der Waals surface area contributed by atoms with Crippen LogP contribution >= 0.6 is 21.6 Å². The second kappa shape index (κ2) is 8.14. The smallest absolute Gasteiger partial charge is 0.478 e. The summed E-state index contributed by atoms with van der Waals surface area (Å²) >= 11 is 0. The second-order valence-electron chi connectivity index (χ2n) is 3.77. The molecule has 0 aliphatic rings. The van der Waals surface area contributed by atoms with Gasteiger partial charge in [-0.25, -0.2) is 9.59 Å². The van der Waals surface area contributed by atoms with E-state index in [1.54, 1.807) is 36.4 Å². The van der Waals surface area contributed by atoms with E-state index >= 15 is 0 Å². The van der Waals surface area contributed by atoms with Crippen LogP contribution in [0.2, 0.25) is 0 Å². The van der Waals surface area contributed by atoms with Crippen LogP contribution < -0.4 is 0 Å². The van der Waals surface area contributed by atoms with Crippen LogP contribution in [0, 0.1) is 0 Å². The van der Waals surface area contributed by atoms with E-state index in [9.17, 15) is 9.59 Å². The predicted octanol–water partition coefficient (Wildman–Crippen LogP) is 3.88. The van der Waals surface area contributed by atoms with Gasteiger partial charge in [0.15, 0.2) is 0 Å². The largest absolute Gasteiger partial charge is 2.00 e. The third kappa shape index (κ3) is 4.54. The van der Waals surface area contributed by atoms with Crippen LogP contribution in [0.4, 0.5) is 0 Å². The minimum atomic E-state index is -1.000. The van der Waals surface area contributed by atoms with Gasteiger partial charge < -0.3 is 10.2 Å². The average Bonchev–Trinajstić information content (AvgIpc) is 2.45. The van der Waals surface area contributed by atoms with Gasteiger partial charge in [-0.1, -0.05) is 45.9 Å². The first-order valence-corrected chi connectivity index (χ1v) is 7.73. The standard InChI is InChI=1S/C14H10O4S2.Cu/c15-13(16)9-5-1-3-7-11(9)19-20-12-8-4-2-6-10(12)14(17)18;/h1-8H,(H,15,16)(H,17,18);/q;+2. The van der Waals surface area contributed by atoms with Gasteiger partial charge in [0, 0.05) is 9.79 Å². The number of hydrogen-bond donors (Lipinski definition) is 2. The van der Waals surface area contributed by atoms with Gasteiger partial charge in [0.25, 0.3) is 0 Å². The molecule has 0 aliphatic carbocycles. The van der Waals surface area contributed by atoms with Crippen molar-refractivity contribution in [2.45, 2.75) is 9.79 Å². The van der Waals surface area contributed by atoms with Crippen molar-refractivity contribution in [3.63, 3.8) is 0 Å². The van der Waals surface area contributed by atoms with Crippen molar-refractivity contribution in [2.75, 3.05) is 0 Å². The maximum absolute atomic E-state index is 11.1. The Morgan fingerprint density at radius 3 is 1.38 bits per heavy atom. The van der Waals surface area contributed by atoms with Gasteiger partial charge in [0.1, 0.15) is 0 Å². The fourth-order valence-corrected chi connectivity index (χ4v) is 3.87. The molecule has 21 heavy (non-hydrogen) atoms. The Morgan fingerprint density at radius 2 is 1.05 bits per heavy atom. The molecule has 2 aromatic rings. The molecule has 0 saturated heterocycles. The molecular formula is C14H10CuO4S2+2. The van der Waals surface area contributed by atoms with Crippen molar-refractivity contribution < 1.29 is 36.9 Å². The second-order valence-corrected chi connectivity index (χ2v) is 5.98. The molecule has 0 spiro atoms. The zero-order valence-electron chi connectivity index (χ0n) is 10.4. The molecule has 0 saturated carbocycles. The average molecular weight is 370 g/mol. The summed E-state index contributed by atoms with van der Waals surface area (Å²) in [4.78, 5) is 23.4. The Kier molecular flexibility index (Phi) is 6.84. The number of carbonyl (C=O) groups is 2. The normalized spacial score (nSPS) is 9.71. The van der Waals surface area contributed by atoms with E-state index in [1.165, 1.54) is 33.7 Å². The molecule has 0 amide bonds. The van der Waals surface area contributed by atoms with Gasteiger partial charge in [-0.05, 0) is 24.3 Å². The van der Waals surface area contributed by atoms with Crippen LogP contribution in [0.3, 0.4) is 0 Å². The summed E-state index contributed by atoms with van der Waals surface area (Å²) in [6.07, 6.45) is 0. The van der Waals surface area contributed by atoms with Gasteiger partial charge in [-0.2, -0.15) is 0 Å². The Hall–Kier alpha value is -1.40. The number of benzene rings is 2. The van der Waals surface area contributed by atoms with E-state index in [2.05, 4.69) is 0 Å². The molecule has 7 heteroatoms. The van der Waals surface area contributed by atoms with Crippen LogP contribution in [-0.2, 0) is 17.1 Å². The fraction of sp³-hybridized carbons (Fsp3) is 0. The van der Waals surface area contributed by atoms with E-state index in [1.807, 2.05) is 0 Å². The van der Waals surface area contributed by atoms with Crippen LogP contribution in [0.15, 0.2) is 58.3 Å². The van der Waals surface area contributed by atoms with Gasteiger partial charge in [-0.15, -0.1) is 0 Å². The minimum Gasteiger partial charge on any atom is -0.478 e. The van der Waals surface area contributed by atoms with Crippen LogP contribution in [0.1, 0.15) is 20.7 Å². The summed E-state index contributed by atoms with van der Waals surface area (Å²) in [6.45, 7) is 0. The summed E-state index contributed by atoms with van der Waals surface area (Å²) in [5, 5.41) is 18.2. The summed E-state index contributed by atoms with van der Waals surface area (Å²) in [7, 11) is 2.47. The maximum atomic E-state index is 11.1. The van der Waals surface area contributed by atoms with Crippen LogP contribution in [0.5, 0.6) is 0 Å². The zero-order valence-corrected chi connectivity index (χ0v) is 13.0. The molecular weight excluding hydrogens is 360 g/mol.